The molecule has 1 saturated heterocycles. The molecule has 13 heteroatoms. The highest BCUT2D eigenvalue weighted by molar-refractivity contribution is 5.95. The van der Waals surface area contributed by atoms with Crippen molar-refractivity contribution in [3.63, 3.8) is 0 Å². The Morgan fingerprint density at radius 1 is 0.978 bits per heavy atom. The average molecular weight is 633 g/mol. The van der Waals surface area contributed by atoms with Crippen LogP contribution in [0.4, 0.5) is 0 Å². The molecule has 1 unspecified atom stereocenters. The lowest BCUT2D eigenvalue weighted by Gasteiger charge is -2.30. The zero-order chi connectivity index (χ0) is 32.9. The molecule has 0 saturated carbocycles. The minimum Gasteiger partial charge on any atom is -0.372 e. The number of hydrogen-bond acceptors (Lipinski definition) is 8. The van der Waals surface area contributed by atoms with E-state index in [2.05, 4.69) is 25.9 Å². The van der Waals surface area contributed by atoms with E-state index >= 15 is 0 Å². The van der Waals surface area contributed by atoms with Crippen LogP contribution in [-0.4, -0.2) is 88.4 Å². The maximum Gasteiger partial charge on any atom is 0.246 e. The topological polar surface area (TPSA) is 198 Å². The van der Waals surface area contributed by atoms with E-state index in [4.69, 9.17) is 16.2 Å². The van der Waals surface area contributed by atoms with Gasteiger partial charge in [0.1, 0.15) is 18.1 Å². The molecule has 1 aliphatic rings. The summed E-state index contributed by atoms with van der Waals surface area (Å²) >= 11 is 0. The maximum absolute atomic E-state index is 14.4. The molecule has 0 spiro atoms. The number of nitrogens with two attached hydrogens (primary N) is 2. The fourth-order valence-corrected chi connectivity index (χ4v) is 5.28. The summed E-state index contributed by atoms with van der Waals surface area (Å²) < 4.78 is 6.17. The second-order valence-electron chi connectivity index (χ2n) is 11.5. The molecule has 2 aromatic carbocycles. The summed E-state index contributed by atoms with van der Waals surface area (Å²) in [6.45, 7) is 2.81. The second kappa shape index (κ2) is 17.2. The summed E-state index contributed by atoms with van der Waals surface area (Å²) in [7, 11) is 0. The van der Waals surface area contributed by atoms with Crippen LogP contribution in [0.5, 0.6) is 0 Å². The molecule has 8 N–H and O–H groups in total. The monoisotopic (exact) mass is 632 g/mol. The number of aromatic nitrogens is 2. The summed E-state index contributed by atoms with van der Waals surface area (Å²) in [6, 6.07) is 15.2. The molecule has 4 amide bonds. The van der Waals surface area contributed by atoms with Crippen LogP contribution in [0, 0.1) is 0 Å². The Morgan fingerprint density at radius 3 is 2.28 bits per heavy atom. The number of nitrogens with zero attached hydrogens (tertiary/aromatic N) is 2. The quantitative estimate of drug-likeness (QED) is 0.120. The summed E-state index contributed by atoms with van der Waals surface area (Å²) in [5.74, 6) is -1.82. The van der Waals surface area contributed by atoms with Gasteiger partial charge in [-0.1, -0.05) is 60.7 Å². The molecule has 3 aromatic rings. The third-order valence-corrected chi connectivity index (χ3v) is 7.78. The first-order valence-corrected chi connectivity index (χ1v) is 15.6. The molecule has 0 aliphatic carbocycles. The van der Waals surface area contributed by atoms with E-state index in [0.717, 1.165) is 11.1 Å². The normalized spacial score (nSPS) is 17.9. The number of rotatable bonds is 16. The lowest BCUT2D eigenvalue weighted by atomic mass is 10.0. The van der Waals surface area contributed by atoms with E-state index in [1.807, 2.05) is 60.7 Å². The molecule has 46 heavy (non-hydrogen) atoms. The van der Waals surface area contributed by atoms with E-state index in [0.29, 0.717) is 38.2 Å². The van der Waals surface area contributed by atoms with Gasteiger partial charge < -0.3 is 42.0 Å². The summed E-state index contributed by atoms with van der Waals surface area (Å²) in [6.07, 6.45) is 3.78. The fourth-order valence-electron chi connectivity index (χ4n) is 5.28. The Balaban J connectivity index is 1.57. The largest absolute Gasteiger partial charge is 0.372 e. The average Bonchev–Trinajstić information content (AvgIpc) is 3.74. The van der Waals surface area contributed by atoms with E-state index < -0.39 is 48.0 Å². The number of carbonyl (C=O) groups is 4. The molecule has 1 aliphatic heterocycles. The zero-order valence-corrected chi connectivity index (χ0v) is 26.1. The van der Waals surface area contributed by atoms with Crippen molar-refractivity contribution < 1.29 is 23.9 Å². The van der Waals surface area contributed by atoms with E-state index in [9.17, 15) is 19.2 Å². The van der Waals surface area contributed by atoms with Crippen LogP contribution in [0.3, 0.4) is 0 Å². The first kappa shape index (κ1) is 34.3. The number of hydrogen-bond donors (Lipinski definition) is 6. The number of benzene rings is 2. The number of carbonyl (C=O) groups excluding carboxylic acids is 4. The molecular formula is C33H44N8O5. The highest BCUT2D eigenvalue weighted by Gasteiger charge is 2.43. The van der Waals surface area contributed by atoms with Crippen molar-refractivity contribution in [3.05, 3.63) is 90.0 Å². The molecule has 0 radical (unpaired) electrons. The molecule has 13 nitrogen and oxygen atoms in total. The van der Waals surface area contributed by atoms with Gasteiger partial charge in [0.05, 0.1) is 25.1 Å². The van der Waals surface area contributed by atoms with Crippen molar-refractivity contribution in [2.45, 2.75) is 69.5 Å². The Kier molecular flexibility index (Phi) is 12.8. The van der Waals surface area contributed by atoms with Crippen molar-refractivity contribution in [2.75, 3.05) is 19.6 Å². The van der Waals surface area contributed by atoms with Crippen molar-refractivity contribution in [1.29, 1.82) is 0 Å². The molecule has 1 aromatic heterocycles. The second-order valence-corrected chi connectivity index (χ2v) is 11.5. The van der Waals surface area contributed by atoms with Gasteiger partial charge in [0.2, 0.25) is 23.6 Å². The first-order chi connectivity index (χ1) is 22.2. The third kappa shape index (κ3) is 9.96. The number of imidazole rings is 1. The highest BCUT2D eigenvalue weighted by Crippen LogP contribution is 2.24. The molecule has 4 rings (SSSR count). The lowest BCUT2D eigenvalue weighted by molar-refractivity contribution is -0.142. The minimum absolute atomic E-state index is 0.0990. The van der Waals surface area contributed by atoms with Crippen molar-refractivity contribution in [1.82, 2.24) is 30.8 Å². The SMILES string of the molecule is C[C@H](N)C(=O)N[C@@H](Cc1cnc[nH]1)C(=O)N[C@H](Cc1ccccc1)C(=O)N1C[C@@H](OCc2ccccc2)CC1C(=O)NCCCN. The van der Waals surface area contributed by atoms with Crippen molar-refractivity contribution in [2.24, 2.45) is 11.5 Å². The number of amides is 4. The number of nitrogens with one attached hydrogen (secondary N) is 4. The first-order valence-electron chi connectivity index (χ1n) is 15.6. The van der Waals surface area contributed by atoms with Crippen molar-refractivity contribution >= 4 is 23.6 Å². The van der Waals surface area contributed by atoms with Gasteiger partial charge in [-0.2, -0.15) is 0 Å². The smallest absolute Gasteiger partial charge is 0.246 e. The fraction of sp³-hybridized carbons (Fsp3) is 0.424. The molecule has 5 atom stereocenters. The Morgan fingerprint density at radius 2 is 1.65 bits per heavy atom. The molecule has 1 fully saturated rings. The molecule has 246 valence electrons. The molecule has 0 bridgehead atoms. The lowest BCUT2D eigenvalue weighted by Crippen LogP contribution is -2.58. The van der Waals surface area contributed by atoms with E-state index in [1.165, 1.54) is 18.2 Å². The predicted octanol–water partition coefficient (Wildman–Crippen LogP) is 0.163. The van der Waals surface area contributed by atoms with Gasteiger partial charge in [0.25, 0.3) is 0 Å². The van der Waals surface area contributed by atoms with E-state index in [1.54, 1.807) is 6.20 Å². The van der Waals surface area contributed by atoms with Gasteiger partial charge in [-0.15, -0.1) is 0 Å². The number of aromatic amines is 1. The van der Waals surface area contributed by atoms with Gasteiger partial charge in [0.15, 0.2) is 0 Å². The van der Waals surface area contributed by atoms with Crippen LogP contribution < -0.4 is 27.4 Å². The van der Waals surface area contributed by atoms with E-state index in [-0.39, 0.29) is 25.3 Å². The van der Waals surface area contributed by atoms with Crippen LogP contribution in [0.15, 0.2) is 73.2 Å². The Labute approximate surface area is 268 Å². The highest BCUT2D eigenvalue weighted by atomic mass is 16.5. The van der Waals surface area contributed by atoms with Gasteiger partial charge in [-0.25, -0.2) is 4.98 Å². The third-order valence-electron chi connectivity index (χ3n) is 7.78. The Bertz CT molecular complexity index is 1400. The summed E-state index contributed by atoms with van der Waals surface area (Å²) in [5.41, 5.74) is 13.8. The van der Waals surface area contributed by atoms with Gasteiger partial charge in [-0.3, -0.25) is 19.2 Å². The Hall–Kier alpha value is -4.59. The standard InChI is InChI=1S/C33H44N8O5/c1-22(35)30(42)39-27(16-25-18-36-21-38-25)31(43)40-28(15-23-9-4-2-5-10-23)33(45)41-19-26(46-20-24-11-6-3-7-12-24)17-29(41)32(44)37-14-8-13-34/h2-7,9-12,18,21-22,26-29H,8,13-17,19-20,34-35H2,1H3,(H,36,38)(H,37,44)(H,39,42)(H,40,43)/t22-,26-,27-,28+,29?/m0/s1. The van der Waals surface area contributed by atoms with Gasteiger partial charge in [0, 0.05) is 44.2 Å². The number of ether oxygens (including phenoxy) is 1. The molecule has 2 heterocycles. The summed E-state index contributed by atoms with van der Waals surface area (Å²) in [4.78, 5) is 62.5. The predicted molar refractivity (Wildman–Crippen MR) is 172 cm³/mol. The number of H-pyrrole nitrogens is 1. The maximum atomic E-state index is 14.4. The van der Waals surface area contributed by atoms with Crippen LogP contribution in [-0.2, 0) is 43.4 Å². The van der Waals surface area contributed by atoms with Crippen LogP contribution in [0.2, 0.25) is 0 Å². The molecular weight excluding hydrogens is 588 g/mol. The van der Waals surface area contributed by atoms with Crippen molar-refractivity contribution in [3.8, 4) is 0 Å². The summed E-state index contributed by atoms with van der Waals surface area (Å²) in [5, 5.41) is 8.44. The van der Waals surface area contributed by atoms with Crippen LogP contribution in [0.25, 0.3) is 0 Å². The minimum atomic E-state index is -1.04. The van der Waals surface area contributed by atoms with Gasteiger partial charge in [-0.05, 0) is 31.0 Å². The van der Waals surface area contributed by atoms with Crippen LogP contribution >= 0.6 is 0 Å². The number of likely N-dealkylation sites (tertiary alicyclic amines) is 1. The van der Waals surface area contributed by atoms with Crippen LogP contribution in [0.1, 0.15) is 36.6 Å². The van der Waals surface area contributed by atoms with Gasteiger partial charge >= 0.3 is 0 Å². The zero-order valence-electron chi connectivity index (χ0n) is 26.1.